The predicted octanol–water partition coefficient (Wildman–Crippen LogP) is 14.9. The second kappa shape index (κ2) is 18.8. The van der Waals surface area contributed by atoms with Crippen LogP contribution in [0, 0.1) is 18.8 Å². The molecule has 0 N–H and O–H groups in total. The first kappa shape index (κ1) is 46.3. The summed E-state index contributed by atoms with van der Waals surface area (Å²) in [6.07, 6.45) is 1.92. The second-order valence-electron chi connectivity index (χ2n) is 19.4. The van der Waals surface area contributed by atoms with E-state index in [0.29, 0.717) is 11.5 Å². The third kappa shape index (κ3) is 9.15. The number of hydrogen-bond donors (Lipinski definition) is 0. The van der Waals surface area contributed by atoms with Crippen LogP contribution in [-0.4, -0.2) is 25.9 Å². The summed E-state index contributed by atoms with van der Waals surface area (Å²) in [6, 6.07) is 74.7. The molecular formula is C62H51N4OPtTe-3. The van der Waals surface area contributed by atoms with Crippen molar-refractivity contribution < 1.29 is 25.8 Å². The van der Waals surface area contributed by atoms with E-state index in [1.165, 1.54) is 29.5 Å². The molecule has 344 valence electrons. The van der Waals surface area contributed by atoms with Crippen LogP contribution in [0.4, 0.5) is 39.9 Å². The van der Waals surface area contributed by atoms with Gasteiger partial charge in [-0.1, -0.05) is 124 Å². The van der Waals surface area contributed by atoms with Crippen LogP contribution >= 0.6 is 0 Å². The molecule has 0 aliphatic carbocycles. The van der Waals surface area contributed by atoms with Gasteiger partial charge < -0.3 is 0 Å². The molecule has 5 nitrogen and oxygen atoms in total. The molecule has 0 saturated heterocycles. The van der Waals surface area contributed by atoms with Crippen molar-refractivity contribution in [3.63, 3.8) is 0 Å². The van der Waals surface area contributed by atoms with E-state index in [0.717, 1.165) is 62.2 Å². The van der Waals surface area contributed by atoms with E-state index in [4.69, 9.17) is 9.72 Å². The quantitative estimate of drug-likeness (QED) is 0.112. The van der Waals surface area contributed by atoms with Crippen molar-refractivity contribution in [2.45, 2.75) is 52.4 Å². The van der Waals surface area contributed by atoms with E-state index in [-0.39, 0.29) is 31.9 Å². The van der Waals surface area contributed by atoms with Crippen molar-refractivity contribution in [2.24, 2.45) is 0 Å². The summed E-state index contributed by atoms with van der Waals surface area (Å²) in [5.74, 6) is 2.11. The average molecular weight is 1190 g/mol. The van der Waals surface area contributed by atoms with Crippen LogP contribution in [0.3, 0.4) is 0 Å². The Morgan fingerprint density at radius 3 is 1.90 bits per heavy atom. The van der Waals surface area contributed by atoms with Crippen LogP contribution in [0.5, 0.6) is 11.5 Å². The van der Waals surface area contributed by atoms with Crippen molar-refractivity contribution in [1.82, 2.24) is 4.98 Å². The molecule has 0 radical (unpaired) electrons. The van der Waals surface area contributed by atoms with E-state index in [1.807, 2.05) is 12.3 Å². The normalized spacial score (nSPS) is 13.0. The number of pyridine rings is 1. The Labute approximate surface area is 431 Å². The van der Waals surface area contributed by atoms with E-state index in [9.17, 15) is 0 Å². The van der Waals surface area contributed by atoms with Crippen LogP contribution in [-0.2, 0) is 31.9 Å². The molecule has 7 heteroatoms. The second-order valence-corrected chi connectivity index (χ2v) is 22.5. The number of anilines is 7. The molecular weight excluding hydrogens is 1140 g/mol. The zero-order valence-corrected chi connectivity index (χ0v) is 44.1. The summed E-state index contributed by atoms with van der Waals surface area (Å²) in [5.41, 5.74) is 15.6. The zero-order chi connectivity index (χ0) is 46.6. The van der Waals surface area contributed by atoms with Crippen molar-refractivity contribution in [3.05, 3.63) is 224 Å². The molecule has 2 aliphatic rings. The summed E-state index contributed by atoms with van der Waals surface area (Å²) >= 11 is -0.675. The number of nitrogens with zero attached hydrogens (tertiary/aromatic N) is 4. The summed E-state index contributed by atoms with van der Waals surface area (Å²) in [7, 11) is 0. The zero-order valence-electron chi connectivity index (χ0n) is 39.5. The van der Waals surface area contributed by atoms with Gasteiger partial charge in [-0.05, 0) is 33.7 Å². The van der Waals surface area contributed by atoms with Gasteiger partial charge in [-0.25, -0.2) is 0 Å². The Balaban J connectivity index is 0.00000553. The first-order chi connectivity index (χ1) is 33.0. The maximum absolute atomic E-state index is 6.78. The molecule has 0 spiro atoms. The largest absolute Gasteiger partial charge is 0 e. The fourth-order valence-electron chi connectivity index (χ4n) is 9.11. The Morgan fingerprint density at radius 1 is 0.493 bits per heavy atom. The fourth-order valence-corrected chi connectivity index (χ4v) is 12.0. The molecule has 3 heterocycles. The standard InChI is InChI=1S/C62H51N4OTe.Pt/c1-61(2,3)46-30-32-53-55(37-46)64(41-65(53)60-51(43-20-11-8-12-21-43)26-17-27-52(60)45-23-15-22-44(36-45)42-18-9-7-10-19-42)48-24-16-25-49(39-48)67-50-31-33-58-56(40-50)66(54-28-13-14-29-57(54)68-58)59-38-47(34-35-63-59)62(4,5)6;/h7-38,41H,1-6H3;/q-3;. The van der Waals surface area contributed by atoms with Crippen molar-refractivity contribution in [1.29, 1.82) is 0 Å². The van der Waals surface area contributed by atoms with Gasteiger partial charge in [0.05, 0.1) is 0 Å². The van der Waals surface area contributed by atoms with Gasteiger partial charge in [0.25, 0.3) is 0 Å². The topological polar surface area (TPSA) is 31.8 Å². The maximum atomic E-state index is 6.78. The predicted molar refractivity (Wildman–Crippen MR) is 283 cm³/mol. The van der Waals surface area contributed by atoms with E-state index in [2.05, 4.69) is 257 Å². The Kier molecular flexibility index (Phi) is 12.6. The van der Waals surface area contributed by atoms with Crippen LogP contribution in [0.1, 0.15) is 52.7 Å². The monoisotopic (exact) mass is 1190 g/mol. The minimum atomic E-state index is -0.675. The summed E-state index contributed by atoms with van der Waals surface area (Å²) in [5, 5.41) is 0. The van der Waals surface area contributed by atoms with Gasteiger partial charge >= 0.3 is 245 Å². The van der Waals surface area contributed by atoms with E-state index in [1.54, 1.807) is 0 Å². The number of rotatable bonds is 8. The van der Waals surface area contributed by atoms with Crippen LogP contribution in [0.25, 0.3) is 33.4 Å². The first-order valence-electron chi connectivity index (χ1n) is 23.2. The smallest absolute Gasteiger partial charge is 0 e. The van der Waals surface area contributed by atoms with Crippen molar-refractivity contribution in [3.8, 4) is 44.9 Å². The molecule has 1 aromatic heterocycles. The number of aromatic nitrogens is 1. The Morgan fingerprint density at radius 2 is 1.13 bits per heavy atom. The van der Waals surface area contributed by atoms with Crippen LogP contribution in [0.15, 0.2) is 194 Å². The SMILES string of the molecule is CC(C)(C)c1ccnc(N2c3[c-]c(Oc4[c-]c(N5[CH-]N(c6c(-c7ccccc7)cccc6-c6cccc(-c7ccccc7)c6)c6ccc(C(C)(C)C)cc65)ccc4)ccc3[Te]c3ccccc32)c1.[Pt]. The van der Waals surface area contributed by atoms with Gasteiger partial charge in [-0.15, -0.1) is 0 Å². The third-order valence-corrected chi connectivity index (χ3v) is 15.9. The van der Waals surface area contributed by atoms with Crippen molar-refractivity contribution >= 4 is 68.1 Å². The fraction of sp³-hybridized carbons (Fsp3) is 0.129. The number of hydrogen-bond acceptors (Lipinski definition) is 5. The molecule has 0 saturated carbocycles. The third-order valence-electron chi connectivity index (χ3n) is 12.7. The Bertz CT molecular complexity index is 3320. The van der Waals surface area contributed by atoms with Gasteiger partial charge in [-0.3, -0.25) is 0 Å². The number of benzene rings is 8. The molecule has 8 aromatic carbocycles. The van der Waals surface area contributed by atoms with Gasteiger partial charge in [0.2, 0.25) is 0 Å². The van der Waals surface area contributed by atoms with Crippen LogP contribution < -0.4 is 26.7 Å². The molecule has 0 atom stereocenters. The minimum absolute atomic E-state index is 0. The molecule has 69 heavy (non-hydrogen) atoms. The van der Waals surface area contributed by atoms with Gasteiger partial charge in [0, 0.05) is 32.2 Å². The van der Waals surface area contributed by atoms with E-state index >= 15 is 0 Å². The minimum Gasteiger partial charge on any atom is 0 e. The first-order valence-corrected chi connectivity index (χ1v) is 25.5. The summed E-state index contributed by atoms with van der Waals surface area (Å²) in [6.45, 7) is 15.8. The Hall–Kier alpha value is -6.41. The average Bonchev–Trinajstić information content (AvgIpc) is 3.74. The molecule has 11 rings (SSSR count). The molecule has 0 bridgehead atoms. The van der Waals surface area contributed by atoms with Gasteiger partial charge in [-0.2, -0.15) is 0 Å². The number of para-hydroxylation sites is 2. The van der Waals surface area contributed by atoms with Gasteiger partial charge in [0.15, 0.2) is 0 Å². The summed E-state index contributed by atoms with van der Waals surface area (Å²) < 4.78 is 9.45. The van der Waals surface area contributed by atoms with Gasteiger partial charge in [0.1, 0.15) is 0 Å². The van der Waals surface area contributed by atoms with Crippen LogP contribution in [0.2, 0.25) is 0 Å². The maximum Gasteiger partial charge on any atom is 0 e. The van der Waals surface area contributed by atoms with Crippen molar-refractivity contribution in [2.75, 3.05) is 14.7 Å². The van der Waals surface area contributed by atoms with E-state index < -0.39 is 20.9 Å². The molecule has 9 aromatic rings. The molecule has 2 aliphatic heterocycles. The summed E-state index contributed by atoms with van der Waals surface area (Å²) in [4.78, 5) is 11.8. The number of ether oxygens (including phenoxy) is 1. The molecule has 0 amide bonds. The number of fused-ring (bicyclic) bond motifs is 3. The molecule has 0 unspecified atom stereocenters. The molecule has 0 fully saturated rings.